The van der Waals surface area contributed by atoms with Crippen molar-refractivity contribution in [2.75, 3.05) is 66.7 Å². The van der Waals surface area contributed by atoms with E-state index in [-0.39, 0.29) is 93.5 Å². The van der Waals surface area contributed by atoms with Gasteiger partial charge in [0, 0.05) is 50.6 Å². The lowest BCUT2D eigenvalue weighted by molar-refractivity contribution is -0.364. The maximum atomic E-state index is 14.3. The Morgan fingerprint density at radius 1 is 0.726 bits per heavy atom. The van der Waals surface area contributed by atoms with E-state index in [1.807, 2.05) is 6.92 Å². The third-order valence-corrected chi connectivity index (χ3v) is 21.1. The number of aliphatic hydroxyl groups is 2. The lowest BCUT2D eigenvalue weighted by Crippen LogP contribution is -2.63. The summed E-state index contributed by atoms with van der Waals surface area (Å²) >= 11 is 0.879. The predicted molar refractivity (Wildman–Crippen MR) is 376 cm³/mol. The Labute approximate surface area is 617 Å². The smallest absolute Gasteiger partial charge is 0.313 e. The largest absolute Gasteiger partial charge is 0.493 e. The second kappa shape index (κ2) is 38.2. The van der Waals surface area contributed by atoms with Crippen LogP contribution in [0.5, 0.6) is 28.7 Å². The van der Waals surface area contributed by atoms with Gasteiger partial charge in [-0.05, 0) is 105 Å². The summed E-state index contributed by atoms with van der Waals surface area (Å²) in [5, 5.41) is 37.4. The summed E-state index contributed by atoms with van der Waals surface area (Å²) in [7, 11) is 4.08. The number of methoxy groups -OCH3 is 2. The zero-order chi connectivity index (χ0) is 77.4. The van der Waals surface area contributed by atoms with Gasteiger partial charge in [0.2, 0.25) is 65.7 Å². The first-order chi connectivity index (χ1) is 50.6. The number of carbonyl (C=O) groups excluding carboxylic acids is 11. The number of esters is 2. The van der Waals surface area contributed by atoms with Gasteiger partial charge in [0.05, 0.1) is 57.2 Å². The van der Waals surface area contributed by atoms with Gasteiger partial charge in [-0.25, -0.2) is 0 Å². The molecule has 36 nitrogen and oxygen atoms in total. The van der Waals surface area contributed by atoms with Crippen molar-refractivity contribution < 1.29 is 110 Å². The topological polar surface area (TPSA) is 538 Å². The SMILES string of the molecule is CCC(C)[C@H](NC(=O)[C@H](CCCCN)NC(=O)[C@@H](NC(=O)[C@H](CCC(N)=O)NC(=O)[C@H](CCCN=C(N)N)NC(=O)[C@@H](N)CSC1CC(=O)N(CCC(=O)Oc2c(OC)cc(C3c4cc5c(cc4[C@@H](OC4OC6COC(C)OC6C(O)C4O)[C@H]4COC(=O)[C@H]34)OCO5)cc2OC)C1=O)C(C)CC)C(=O)NC. The van der Waals surface area contributed by atoms with Crippen LogP contribution in [0, 0.1) is 23.7 Å². The van der Waals surface area contributed by atoms with Crippen molar-refractivity contribution >= 4 is 82.8 Å². The van der Waals surface area contributed by atoms with E-state index in [2.05, 4.69) is 36.9 Å². The Balaban J connectivity index is 0.902. The highest BCUT2D eigenvalue weighted by molar-refractivity contribution is 8.00. The first-order valence-corrected chi connectivity index (χ1v) is 36.6. The van der Waals surface area contributed by atoms with E-state index in [0.717, 1.165) is 16.7 Å². The quantitative estimate of drug-likeness (QED) is 0.00849. The summed E-state index contributed by atoms with van der Waals surface area (Å²) in [6.07, 6.45) is -7.43. The Morgan fingerprint density at radius 3 is 1.92 bits per heavy atom. The maximum Gasteiger partial charge on any atom is 0.313 e. The number of ether oxygens (including phenoxy) is 10. The average Bonchev–Trinajstić information content (AvgIpc) is 1.43. The fourth-order valence-electron chi connectivity index (χ4n) is 13.5. The molecule has 18 N–H and O–H groups in total. The highest BCUT2D eigenvalue weighted by Gasteiger charge is 2.56. The molecule has 9 amide bonds. The first-order valence-electron chi connectivity index (χ1n) is 35.6. The molecule has 0 aromatic heterocycles. The number of likely N-dealkylation sites (tertiary alicyclic amines) is 1. The van der Waals surface area contributed by atoms with E-state index < -0.39 is 193 Å². The van der Waals surface area contributed by atoms with Crippen LogP contribution >= 0.6 is 11.8 Å². The number of cyclic esters (lactones) is 1. The molecule has 4 saturated heterocycles. The molecular formula is C69H101N13O23S. The summed E-state index contributed by atoms with van der Waals surface area (Å²) in [4.78, 5) is 156. The van der Waals surface area contributed by atoms with Gasteiger partial charge in [-0.1, -0.05) is 40.5 Å². The van der Waals surface area contributed by atoms with Gasteiger partial charge in [-0.2, -0.15) is 0 Å². The van der Waals surface area contributed by atoms with Gasteiger partial charge in [-0.3, -0.25) is 62.6 Å². The molecule has 1 aliphatic carbocycles. The molecule has 2 aromatic carbocycles. The number of nitrogens with two attached hydrogens (primary N) is 5. The number of nitrogens with zero attached hydrogens (tertiary/aromatic N) is 2. The van der Waals surface area contributed by atoms with Gasteiger partial charge in [0.15, 0.2) is 41.5 Å². The number of rotatable bonds is 38. The number of aliphatic hydroxyl groups excluding tert-OH is 2. The van der Waals surface area contributed by atoms with E-state index in [4.69, 9.17) is 76.0 Å². The Kier molecular flexibility index (Phi) is 29.9. The van der Waals surface area contributed by atoms with Crippen LogP contribution in [0.15, 0.2) is 29.3 Å². The molecule has 6 aliphatic rings. The summed E-state index contributed by atoms with van der Waals surface area (Å²) in [6, 6.07) is -1.23. The summed E-state index contributed by atoms with van der Waals surface area (Å²) < 4.78 is 58.9. The number of nitrogens with one attached hydrogen (secondary N) is 6. The molecule has 37 heteroatoms. The minimum absolute atomic E-state index is 0.00218. The second-order valence-corrected chi connectivity index (χ2v) is 28.2. The molecule has 19 atom stereocenters. The van der Waals surface area contributed by atoms with E-state index in [0.29, 0.717) is 60.4 Å². The number of benzene rings is 2. The number of fused-ring (bicyclic) bond motifs is 4. The van der Waals surface area contributed by atoms with Crippen LogP contribution in [0.4, 0.5) is 0 Å². The van der Waals surface area contributed by atoms with Crippen LogP contribution < -0.4 is 84.3 Å². The summed E-state index contributed by atoms with van der Waals surface area (Å²) in [5.41, 5.74) is 30.2. The third-order valence-electron chi connectivity index (χ3n) is 19.8. The zero-order valence-electron chi connectivity index (χ0n) is 60.7. The molecule has 106 heavy (non-hydrogen) atoms. The number of aliphatic imine (C=N–C) groups is 1. The summed E-state index contributed by atoms with van der Waals surface area (Å²) in [5.74, 6) is -11.5. The average molecular weight is 1510 g/mol. The van der Waals surface area contributed by atoms with Crippen LogP contribution in [0.3, 0.4) is 0 Å². The molecule has 5 heterocycles. The van der Waals surface area contributed by atoms with Crippen LogP contribution in [0.25, 0.3) is 0 Å². The molecule has 10 unspecified atom stereocenters. The van der Waals surface area contributed by atoms with E-state index >= 15 is 0 Å². The molecular weight excluding hydrogens is 1410 g/mol. The number of amides is 9. The van der Waals surface area contributed by atoms with Gasteiger partial charge in [0.25, 0.3) is 0 Å². The highest BCUT2D eigenvalue weighted by atomic mass is 32.2. The van der Waals surface area contributed by atoms with Crippen molar-refractivity contribution in [1.82, 2.24) is 36.8 Å². The second-order valence-electron chi connectivity index (χ2n) is 27.0. The van der Waals surface area contributed by atoms with Crippen molar-refractivity contribution in [3.8, 4) is 28.7 Å². The number of unbranched alkanes of at least 4 members (excludes halogenated alkanes) is 1. The van der Waals surface area contributed by atoms with Crippen LogP contribution in [0.2, 0.25) is 0 Å². The van der Waals surface area contributed by atoms with Crippen molar-refractivity contribution in [3.63, 3.8) is 0 Å². The summed E-state index contributed by atoms with van der Waals surface area (Å²) in [6.45, 7) is 8.47. The Hall–Kier alpha value is -8.69. The van der Waals surface area contributed by atoms with Gasteiger partial charge in [-0.15, -0.1) is 11.8 Å². The van der Waals surface area contributed by atoms with Gasteiger partial charge < -0.3 is 118 Å². The lowest BCUT2D eigenvalue weighted by atomic mass is 9.66. The molecule has 586 valence electrons. The monoisotopic (exact) mass is 1510 g/mol. The lowest BCUT2D eigenvalue weighted by Gasteiger charge is -2.47. The number of imide groups is 1. The number of hydrogen-bond acceptors (Lipinski definition) is 27. The normalized spacial score (nSPS) is 25.0. The van der Waals surface area contributed by atoms with Crippen molar-refractivity contribution in [2.45, 2.75) is 196 Å². The first kappa shape index (κ1) is 83.0. The minimum atomic E-state index is -1.57. The predicted octanol–water partition coefficient (Wildman–Crippen LogP) is -2.17. The molecule has 4 fully saturated rings. The molecule has 0 bridgehead atoms. The van der Waals surface area contributed by atoms with E-state index in [1.165, 1.54) is 21.3 Å². The third kappa shape index (κ3) is 20.3. The van der Waals surface area contributed by atoms with Crippen LogP contribution in [-0.4, -0.2) is 231 Å². The van der Waals surface area contributed by atoms with E-state index in [9.17, 15) is 63.0 Å². The fourth-order valence-corrected chi connectivity index (χ4v) is 14.6. The number of thioether (sulfide) groups is 1. The maximum absolute atomic E-state index is 14.3. The van der Waals surface area contributed by atoms with Crippen molar-refractivity contribution in [1.29, 1.82) is 0 Å². The Morgan fingerprint density at radius 2 is 1.32 bits per heavy atom. The standard InChI is InChI=1S/C69H101N13O23S/c1-9-31(3)53(64(92)75-6)80-62(90)39(14-11-12-19-70)79-65(93)54(32(4)10-2)81-63(91)41(16-17-48(72)83)78-61(89)40(15-13-20-76-69(73)74)77-60(88)38(71)29-106-47-26-49(84)82(66(47)94)21-18-50(85)104-58-44(96-7)22-34(23-45(58)97-8)51-35-24-42-43(101-30-100-42)25-36(35)57(37-27-99-67(95)52(37)51)105-68-56(87)55(86)59-46(103-68)28-98-33(5)102-59/h22-25,31-33,37-41,46-47,51-57,59,68,86-87H,9-21,26-30,70-71H2,1-8H3,(H2,72,83)(H,75,92)(H,77,88)(H,78,89)(H,79,93)(H,80,90)(H,81,91)(H4,73,74,76)/t31?,32?,33?,37-,38-,39-,40-,41-,46?,47?,51?,52-,53-,54-,55?,56?,57+,59?,68?/m0/s1. The number of guanidine groups is 1. The van der Waals surface area contributed by atoms with Gasteiger partial charge >= 0.3 is 11.9 Å². The highest BCUT2D eigenvalue weighted by Crippen LogP contribution is 2.57. The minimum Gasteiger partial charge on any atom is -0.493 e. The van der Waals surface area contributed by atoms with Crippen LogP contribution in [-0.2, 0) is 76.4 Å². The molecule has 0 spiro atoms. The van der Waals surface area contributed by atoms with E-state index in [1.54, 1.807) is 52.0 Å². The van der Waals surface area contributed by atoms with Gasteiger partial charge in [0.1, 0.15) is 54.6 Å². The zero-order valence-corrected chi connectivity index (χ0v) is 61.5. The number of hydrogen-bond donors (Lipinski definition) is 13. The fraction of sp³-hybridized carbons (Fsp3) is 0.652. The number of likely N-dealkylation sites (N-methyl/N-ethyl adjacent to an activating group) is 1. The molecule has 2 aromatic rings. The molecule has 0 radical (unpaired) electrons. The number of carbonyl (C=O) groups is 11. The molecule has 0 saturated carbocycles. The van der Waals surface area contributed by atoms with Crippen LogP contribution in [0.1, 0.15) is 134 Å². The Bertz CT molecular complexity index is 3530. The van der Waals surface area contributed by atoms with Crippen molar-refractivity contribution in [3.05, 3.63) is 41.0 Å². The van der Waals surface area contributed by atoms with Crippen molar-refractivity contribution in [2.24, 2.45) is 57.3 Å². The molecule has 8 rings (SSSR count). The molecule has 5 aliphatic heterocycles. The number of primary amides is 1.